The van der Waals surface area contributed by atoms with Crippen molar-refractivity contribution in [2.75, 3.05) is 0 Å². The van der Waals surface area contributed by atoms with E-state index >= 15 is 0 Å². The minimum absolute atomic E-state index is 0.0931. The third kappa shape index (κ3) is 3.01. The lowest BCUT2D eigenvalue weighted by Crippen LogP contribution is -2.34. The Morgan fingerprint density at radius 3 is 2.46 bits per heavy atom. The number of nitrogens with one attached hydrogen (secondary N) is 2. The van der Waals surface area contributed by atoms with Crippen LogP contribution in [0.25, 0.3) is 0 Å². The third-order valence-electron chi connectivity index (χ3n) is 1.35. The molecule has 0 fully saturated rings. The van der Waals surface area contributed by atoms with E-state index in [1.54, 1.807) is 24.3 Å². The van der Waals surface area contributed by atoms with E-state index < -0.39 is 0 Å². The number of hydrogen-bond acceptors (Lipinski definition) is 2. The van der Waals surface area contributed by atoms with Gasteiger partial charge in [0.1, 0.15) is 0 Å². The topological polar surface area (TPSA) is 41.1 Å². The Hall–Kier alpha value is -1.13. The van der Waals surface area contributed by atoms with E-state index in [-0.39, 0.29) is 11.0 Å². The molecule has 0 atom stereocenters. The lowest BCUT2D eigenvalue weighted by atomic mass is 10.2. The molecular weight excluding hydrogens is 208 g/mol. The summed E-state index contributed by atoms with van der Waals surface area (Å²) in [6.45, 7) is 0. The molecule has 0 aliphatic heterocycles. The summed E-state index contributed by atoms with van der Waals surface area (Å²) in [4.78, 5) is 13.5. The fourth-order valence-corrected chi connectivity index (χ4v) is 0.928. The summed E-state index contributed by atoms with van der Waals surface area (Å²) in [6.07, 6.45) is 0. The summed E-state index contributed by atoms with van der Waals surface area (Å²) in [6, 6.07) is 8.74. The van der Waals surface area contributed by atoms with Crippen molar-refractivity contribution in [3.8, 4) is 0 Å². The Balaban J connectivity index is 2.65. The average Bonchev–Trinajstić information content (AvgIpc) is 2.19. The van der Waals surface area contributed by atoms with E-state index in [1.165, 1.54) is 0 Å². The van der Waals surface area contributed by atoms with Crippen molar-refractivity contribution in [2.45, 2.75) is 0 Å². The highest BCUT2D eigenvalue weighted by molar-refractivity contribution is 7.80. The maximum atomic E-state index is 11.3. The molecule has 0 spiro atoms. The van der Waals surface area contributed by atoms with Gasteiger partial charge in [-0.1, -0.05) is 18.2 Å². The molecule has 0 aliphatic rings. The molecule has 1 amide bonds. The van der Waals surface area contributed by atoms with Crippen LogP contribution in [-0.2, 0) is 0 Å². The molecule has 0 bridgehead atoms. The van der Waals surface area contributed by atoms with E-state index in [2.05, 4.69) is 22.4 Å². The van der Waals surface area contributed by atoms with Gasteiger partial charge in [-0.3, -0.25) is 14.9 Å². The molecule has 1 aromatic rings. The molecule has 0 saturated heterocycles. The van der Waals surface area contributed by atoms with Crippen LogP contribution < -0.4 is 10.2 Å². The Morgan fingerprint density at radius 1 is 1.31 bits per heavy atom. The zero-order valence-corrected chi connectivity index (χ0v) is 8.15. The molecule has 5 heteroatoms. The molecule has 0 heterocycles. The molecule has 13 heavy (non-hydrogen) atoms. The minimum Gasteiger partial charge on any atom is -0.298 e. The van der Waals surface area contributed by atoms with Gasteiger partial charge in [-0.25, -0.2) is 0 Å². The van der Waals surface area contributed by atoms with Crippen LogP contribution in [0.1, 0.15) is 10.4 Å². The molecule has 3 nitrogen and oxygen atoms in total. The third-order valence-corrected chi connectivity index (χ3v) is 1.85. The monoisotopic (exact) mass is 214 g/mol. The number of thiocarbonyl (C=S) groups is 1. The van der Waals surface area contributed by atoms with Crippen LogP contribution in [0.15, 0.2) is 30.3 Å². The van der Waals surface area contributed by atoms with Crippen molar-refractivity contribution in [3.05, 3.63) is 35.9 Å². The Bertz CT molecular complexity index is 315. The number of carbonyl (C=O) groups is 1. The summed E-state index contributed by atoms with van der Waals surface area (Å²) in [5.41, 5.74) is 0.539. The van der Waals surface area contributed by atoms with Crippen LogP contribution in [0, 0.1) is 0 Å². The van der Waals surface area contributed by atoms with E-state index in [9.17, 15) is 4.79 Å². The molecule has 0 radical (unpaired) electrons. The fraction of sp³-hybridized carbons (Fsp3) is 0. The van der Waals surface area contributed by atoms with Crippen LogP contribution in [-0.4, -0.2) is 11.0 Å². The first kappa shape index (κ1) is 9.95. The predicted molar refractivity (Wildman–Crippen MR) is 55.5 cm³/mol. The lowest BCUT2D eigenvalue weighted by Gasteiger charge is -2.03. The number of benzene rings is 1. The first-order valence-electron chi connectivity index (χ1n) is 3.51. The quantitative estimate of drug-likeness (QED) is 0.549. The van der Waals surface area contributed by atoms with Gasteiger partial charge < -0.3 is 0 Å². The van der Waals surface area contributed by atoms with Crippen LogP contribution in [0.4, 0.5) is 0 Å². The zero-order chi connectivity index (χ0) is 9.68. The van der Waals surface area contributed by atoms with Crippen LogP contribution in [0.2, 0.25) is 0 Å². The standard InChI is InChI=1S/C8H7ClN2OS/c9-11-8(13)10-7(12)6-4-2-1-3-5-6/h1-5H,(H2,10,11,12,13). The van der Waals surface area contributed by atoms with Crippen molar-refractivity contribution in [2.24, 2.45) is 0 Å². The normalized spacial score (nSPS) is 9.00. The van der Waals surface area contributed by atoms with E-state index in [1.807, 2.05) is 6.07 Å². The zero-order valence-electron chi connectivity index (χ0n) is 6.58. The number of amides is 1. The predicted octanol–water partition coefficient (Wildman–Crippen LogP) is 1.44. The van der Waals surface area contributed by atoms with Crippen molar-refractivity contribution in [1.29, 1.82) is 0 Å². The molecule has 0 saturated carbocycles. The van der Waals surface area contributed by atoms with Crippen molar-refractivity contribution in [3.63, 3.8) is 0 Å². The average molecular weight is 215 g/mol. The molecule has 68 valence electrons. The van der Waals surface area contributed by atoms with Gasteiger partial charge in [0.15, 0.2) is 5.11 Å². The van der Waals surface area contributed by atoms with Gasteiger partial charge in [0, 0.05) is 17.3 Å². The summed E-state index contributed by atoms with van der Waals surface area (Å²) in [7, 11) is 0. The Kier molecular flexibility index (Phi) is 3.67. The maximum Gasteiger partial charge on any atom is 0.257 e. The van der Waals surface area contributed by atoms with Gasteiger partial charge in [0.25, 0.3) is 5.91 Å². The molecule has 1 aromatic carbocycles. The molecule has 0 unspecified atom stereocenters. The largest absolute Gasteiger partial charge is 0.298 e. The van der Waals surface area contributed by atoms with Crippen molar-refractivity contribution >= 4 is 35.0 Å². The lowest BCUT2D eigenvalue weighted by molar-refractivity contribution is 0.0977. The maximum absolute atomic E-state index is 11.3. The number of halogens is 1. The first-order valence-corrected chi connectivity index (χ1v) is 4.29. The molecule has 1 rings (SSSR count). The van der Waals surface area contributed by atoms with Crippen molar-refractivity contribution < 1.29 is 4.79 Å². The van der Waals surface area contributed by atoms with Crippen molar-refractivity contribution in [1.82, 2.24) is 10.2 Å². The van der Waals surface area contributed by atoms with Gasteiger partial charge in [0.05, 0.1) is 0 Å². The summed E-state index contributed by atoms with van der Waals surface area (Å²) in [5.74, 6) is -0.279. The fourth-order valence-electron chi connectivity index (χ4n) is 0.788. The van der Waals surface area contributed by atoms with E-state index in [0.29, 0.717) is 5.56 Å². The van der Waals surface area contributed by atoms with Gasteiger partial charge in [0.2, 0.25) is 0 Å². The van der Waals surface area contributed by atoms with Crippen LogP contribution >= 0.6 is 24.0 Å². The van der Waals surface area contributed by atoms with Gasteiger partial charge in [-0.05, 0) is 24.4 Å². The summed E-state index contributed by atoms with van der Waals surface area (Å²) >= 11 is 9.83. The number of rotatable bonds is 1. The number of hydrogen-bond donors (Lipinski definition) is 2. The highest BCUT2D eigenvalue weighted by Gasteiger charge is 2.04. The molecule has 0 aromatic heterocycles. The van der Waals surface area contributed by atoms with Crippen LogP contribution in [0.5, 0.6) is 0 Å². The second kappa shape index (κ2) is 4.79. The van der Waals surface area contributed by atoms with E-state index in [4.69, 9.17) is 11.8 Å². The molecule has 2 N–H and O–H groups in total. The Labute approximate surface area is 86.2 Å². The molecular formula is C8H7ClN2OS. The highest BCUT2D eigenvalue weighted by atomic mass is 35.5. The minimum atomic E-state index is -0.279. The Morgan fingerprint density at radius 2 is 1.92 bits per heavy atom. The smallest absolute Gasteiger partial charge is 0.257 e. The molecule has 0 aliphatic carbocycles. The highest BCUT2D eigenvalue weighted by Crippen LogP contribution is 1.97. The second-order valence-corrected chi connectivity index (χ2v) is 2.84. The van der Waals surface area contributed by atoms with Crippen LogP contribution in [0.3, 0.4) is 0 Å². The second-order valence-electron chi connectivity index (χ2n) is 2.24. The first-order chi connectivity index (χ1) is 6.24. The van der Waals surface area contributed by atoms with Gasteiger partial charge in [-0.15, -0.1) is 0 Å². The summed E-state index contributed by atoms with van der Waals surface area (Å²) in [5, 5.41) is 2.49. The van der Waals surface area contributed by atoms with E-state index in [0.717, 1.165) is 0 Å². The van der Waals surface area contributed by atoms with Gasteiger partial charge >= 0.3 is 0 Å². The summed E-state index contributed by atoms with van der Waals surface area (Å²) < 4.78 is 0. The number of carbonyl (C=O) groups excluding carboxylic acids is 1. The van der Waals surface area contributed by atoms with Gasteiger partial charge in [-0.2, -0.15) is 0 Å². The SMILES string of the molecule is O=C(NC(=S)NCl)c1ccccc1.